The van der Waals surface area contributed by atoms with Crippen molar-refractivity contribution >= 4 is 8.41 Å². The van der Waals surface area contributed by atoms with Gasteiger partial charge in [0.25, 0.3) is 0 Å². The number of hydrogen-bond donors (Lipinski definition) is 0. The van der Waals surface area contributed by atoms with Gasteiger partial charge in [0, 0.05) is 166 Å². The molecule has 0 aromatic rings. The smallest absolute Gasteiger partial charge is 0 e. The molecule has 5 heteroatoms. The standard InChI is InChI=1S/B.Dy.Er.Pr.Sm. The molecule has 0 unspecified atom stereocenters. The zero-order valence-electron chi connectivity index (χ0n) is 2.17. The molecule has 0 N–H and O–H groups in total. The molecule has 0 nitrogen and oxygen atoms in total. The van der Waals surface area contributed by atoms with Crippen LogP contribution < -0.4 is 0 Å². The molecule has 0 aromatic carbocycles. The van der Waals surface area contributed by atoms with E-state index < -0.39 is 0 Å². The van der Waals surface area contributed by atoms with E-state index in [4.69, 9.17) is 0 Å². The molecule has 0 saturated carbocycles. The molecule has 0 atom stereocenters. The van der Waals surface area contributed by atoms with Crippen LogP contribution in [-0.2, 0) is 0 Å². The summed E-state index contributed by atoms with van der Waals surface area (Å²) in [6.07, 6.45) is 0. The van der Waals surface area contributed by atoms with Gasteiger partial charge in [0.15, 0.2) is 0 Å². The Morgan fingerprint density at radius 1 is 1.00 bits per heavy atom. The van der Waals surface area contributed by atoms with Crippen LogP contribution in [0.5, 0.6) is 0 Å². The molecule has 0 rings (SSSR count). The van der Waals surface area contributed by atoms with Crippen molar-refractivity contribution in [3.05, 3.63) is 0 Å². The van der Waals surface area contributed by atoms with Gasteiger partial charge in [-0.05, 0) is 0 Å². The first kappa shape index (κ1) is 31.7. The van der Waals surface area contributed by atoms with Gasteiger partial charge in [-0.25, -0.2) is 0 Å². The fraction of sp³-hybridized carbons (Fsp3) is 0. The summed E-state index contributed by atoms with van der Waals surface area (Å²) in [5.74, 6) is 0. The van der Waals surface area contributed by atoms with Crippen LogP contribution in [0.4, 0.5) is 0 Å². The Labute approximate surface area is 160 Å². The molecule has 0 heterocycles. The summed E-state index contributed by atoms with van der Waals surface area (Å²) in [5, 5.41) is 0. The minimum Gasteiger partial charge on any atom is 0 e. The van der Waals surface area contributed by atoms with E-state index in [9.17, 15) is 0 Å². The normalized spacial score (nSPS) is 0. The third kappa shape index (κ3) is 17.6. The third-order valence-corrected chi connectivity index (χ3v) is 0. The van der Waals surface area contributed by atoms with E-state index in [0.717, 1.165) is 0 Å². The number of hydrogen-bond acceptors (Lipinski definition) is 0. The van der Waals surface area contributed by atoms with Gasteiger partial charge in [-0.3, -0.25) is 0 Å². The summed E-state index contributed by atoms with van der Waals surface area (Å²) < 4.78 is 0. The summed E-state index contributed by atoms with van der Waals surface area (Å²) >= 11 is 0. The SMILES string of the molecule is [B].[Dy].[Er].[Pr].[Sm]. The van der Waals surface area contributed by atoms with E-state index >= 15 is 0 Å². The van der Waals surface area contributed by atoms with Crippen LogP contribution in [0, 0.1) is 157 Å². The zero-order chi connectivity index (χ0) is 0. The van der Waals surface area contributed by atoms with Crippen LogP contribution in [0.2, 0.25) is 0 Å². The maximum absolute atomic E-state index is 0. The molecule has 0 saturated heterocycles. The van der Waals surface area contributed by atoms with E-state index in [2.05, 4.69) is 0 Å². The Morgan fingerprint density at radius 3 is 1.00 bits per heavy atom. The van der Waals surface area contributed by atoms with Crippen molar-refractivity contribution in [3.8, 4) is 0 Å². The molecule has 4 radical (unpaired) electrons. The molecule has 0 amide bonds. The monoisotopic (exact) mass is 634 g/mol. The van der Waals surface area contributed by atoms with Gasteiger partial charge in [0.2, 0.25) is 0 Å². The second kappa shape index (κ2) is 22.8. The first-order chi connectivity index (χ1) is 0. The van der Waals surface area contributed by atoms with E-state index in [0.29, 0.717) is 0 Å². The quantitative estimate of drug-likeness (QED) is 0.320. The molecular formula is BDyErPrSm. The Bertz CT molecular complexity index is 11.6. The van der Waals surface area contributed by atoms with Crippen LogP contribution in [0.3, 0.4) is 0 Å². The van der Waals surface area contributed by atoms with E-state index in [-0.39, 0.29) is 166 Å². The van der Waals surface area contributed by atoms with Crippen molar-refractivity contribution < 1.29 is 157 Å². The minimum absolute atomic E-state index is 0. The molecule has 34 valence electrons. The zero-order valence-corrected chi connectivity index (χ0v) is 12.4. The largest absolute Gasteiger partial charge is 0 e. The van der Waals surface area contributed by atoms with Crippen LogP contribution in [0.15, 0.2) is 0 Å². The van der Waals surface area contributed by atoms with E-state index in [1.807, 2.05) is 0 Å². The van der Waals surface area contributed by atoms with Gasteiger partial charge in [0.05, 0.1) is 0 Å². The Balaban J connectivity index is 0. The van der Waals surface area contributed by atoms with Crippen molar-refractivity contribution in [2.45, 2.75) is 0 Å². The molecule has 0 aliphatic heterocycles. The van der Waals surface area contributed by atoms with Gasteiger partial charge in [-0.15, -0.1) is 0 Å². The second-order valence-electron chi connectivity index (χ2n) is 0. The van der Waals surface area contributed by atoms with E-state index in [1.165, 1.54) is 0 Å². The third-order valence-electron chi connectivity index (χ3n) is 0. The molecule has 0 aliphatic carbocycles. The van der Waals surface area contributed by atoms with Gasteiger partial charge < -0.3 is 0 Å². The van der Waals surface area contributed by atoms with Crippen molar-refractivity contribution in [2.75, 3.05) is 0 Å². The minimum atomic E-state index is 0. The molecule has 5 heavy (non-hydrogen) atoms. The van der Waals surface area contributed by atoms with Gasteiger partial charge >= 0.3 is 0 Å². The van der Waals surface area contributed by atoms with Crippen LogP contribution in [0.25, 0.3) is 0 Å². The Morgan fingerprint density at radius 2 is 1.00 bits per heavy atom. The summed E-state index contributed by atoms with van der Waals surface area (Å²) in [6.45, 7) is 0. The average molecular weight is 632 g/mol. The molecule has 0 spiro atoms. The molecular weight excluding hydrogens is 632 g/mol. The summed E-state index contributed by atoms with van der Waals surface area (Å²) in [4.78, 5) is 0. The Hall–Kier alpha value is 5.29. The predicted molar refractivity (Wildman–Crippen MR) is 5.75 cm³/mol. The maximum Gasteiger partial charge on any atom is 0 e. The Kier molecular flexibility index (Phi) is 145. The van der Waals surface area contributed by atoms with Crippen molar-refractivity contribution in [1.29, 1.82) is 0 Å². The van der Waals surface area contributed by atoms with Crippen LogP contribution >= 0.6 is 0 Å². The van der Waals surface area contributed by atoms with Crippen molar-refractivity contribution in [2.24, 2.45) is 0 Å². The van der Waals surface area contributed by atoms with Gasteiger partial charge in [-0.1, -0.05) is 0 Å². The summed E-state index contributed by atoms with van der Waals surface area (Å²) in [5.41, 5.74) is 0. The molecule has 0 aromatic heterocycles. The summed E-state index contributed by atoms with van der Waals surface area (Å²) in [6, 6.07) is 0. The second-order valence-corrected chi connectivity index (χ2v) is 0. The van der Waals surface area contributed by atoms with Crippen LogP contribution in [-0.4, -0.2) is 8.41 Å². The summed E-state index contributed by atoms with van der Waals surface area (Å²) in [7, 11) is 0. The average Bonchev–Trinajstić information content (AvgIpc) is 0. The molecule has 0 aliphatic rings. The topological polar surface area (TPSA) is 0 Å². The maximum atomic E-state index is 0. The fourth-order valence-corrected chi connectivity index (χ4v) is 0. The number of rotatable bonds is 0. The van der Waals surface area contributed by atoms with Gasteiger partial charge in [0.1, 0.15) is 0 Å². The fourth-order valence-electron chi connectivity index (χ4n) is 0. The first-order valence-corrected chi connectivity index (χ1v) is 0. The van der Waals surface area contributed by atoms with Gasteiger partial charge in [-0.2, -0.15) is 0 Å². The molecule has 0 bridgehead atoms. The first-order valence-electron chi connectivity index (χ1n) is 0. The van der Waals surface area contributed by atoms with Crippen molar-refractivity contribution in [1.82, 2.24) is 0 Å². The van der Waals surface area contributed by atoms with Crippen LogP contribution in [0.1, 0.15) is 0 Å². The van der Waals surface area contributed by atoms with E-state index in [1.54, 1.807) is 0 Å². The molecule has 0 fully saturated rings. The van der Waals surface area contributed by atoms with Crippen molar-refractivity contribution in [3.63, 3.8) is 0 Å². The predicted octanol–water partition coefficient (Wildman–Crippen LogP) is -0.381.